The summed E-state index contributed by atoms with van der Waals surface area (Å²) in [4.78, 5) is 1.99. The van der Waals surface area contributed by atoms with Gasteiger partial charge in [0, 0.05) is 20.2 Å². The minimum absolute atomic E-state index is 0.0978. The molecule has 1 aromatic carbocycles. The lowest BCUT2D eigenvalue weighted by atomic mass is 10.2. The van der Waals surface area contributed by atoms with Crippen LogP contribution in [0.4, 0.5) is 10.1 Å². The fourth-order valence-electron chi connectivity index (χ4n) is 1.65. The van der Waals surface area contributed by atoms with Crippen molar-refractivity contribution >= 4 is 5.69 Å². The summed E-state index contributed by atoms with van der Waals surface area (Å²) >= 11 is 0. The van der Waals surface area contributed by atoms with Gasteiger partial charge < -0.3 is 9.64 Å². The number of hydrogen-bond acceptors (Lipinski definition) is 2. The molecule has 1 atom stereocenters. The predicted molar refractivity (Wildman–Crippen MR) is 76.8 cm³/mol. The second kappa shape index (κ2) is 8.92. The summed E-state index contributed by atoms with van der Waals surface area (Å²) < 4.78 is 19.0. The zero-order valence-electron chi connectivity index (χ0n) is 12.5. The lowest BCUT2D eigenvalue weighted by molar-refractivity contribution is 0.123. The first-order valence-corrected chi connectivity index (χ1v) is 6.62. The maximum atomic E-state index is 13.8. The molecule has 3 heteroatoms. The molecule has 0 saturated heterocycles. The van der Waals surface area contributed by atoms with Crippen LogP contribution in [0.1, 0.15) is 33.3 Å². The molecule has 0 N–H and O–H groups in total. The standard InChI is InChI=1S/C13H20FNO.C2H6/c1-5-15(9-11(3)16-4)13-7-6-10(2)8-12(13)14;1-2/h6-8,11H,5,9H2,1-4H3;1-2H3. The Balaban J connectivity index is 0.00000137. The summed E-state index contributed by atoms with van der Waals surface area (Å²) in [6.07, 6.45) is 0.0978. The average Bonchev–Trinajstić information content (AvgIpc) is 2.38. The van der Waals surface area contributed by atoms with E-state index in [0.29, 0.717) is 12.2 Å². The second-order valence-electron chi connectivity index (χ2n) is 4.04. The molecule has 0 radical (unpaired) electrons. The summed E-state index contributed by atoms with van der Waals surface area (Å²) in [7, 11) is 1.67. The molecular weight excluding hydrogens is 229 g/mol. The third kappa shape index (κ3) is 5.05. The molecular formula is C15H26FNO. The lowest BCUT2D eigenvalue weighted by Crippen LogP contribution is -2.32. The Labute approximate surface area is 111 Å². The van der Waals surface area contributed by atoms with Crippen molar-refractivity contribution in [1.29, 1.82) is 0 Å². The predicted octanol–water partition coefficient (Wildman–Crippen LogP) is 4.02. The smallest absolute Gasteiger partial charge is 0.146 e. The first kappa shape index (κ1) is 16.9. The lowest BCUT2D eigenvalue weighted by Gasteiger charge is -2.26. The molecule has 0 heterocycles. The SMILES string of the molecule is CC.CCN(CC(C)OC)c1ccc(C)cc1F. The van der Waals surface area contributed by atoms with Crippen molar-refractivity contribution in [2.24, 2.45) is 0 Å². The van der Waals surface area contributed by atoms with Crippen LogP contribution >= 0.6 is 0 Å². The van der Waals surface area contributed by atoms with Gasteiger partial charge in [-0.05, 0) is 38.5 Å². The zero-order chi connectivity index (χ0) is 14.1. The van der Waals surface area contributed by atoms with Gasteiger partial charge in [-0.1, -0.05) is 19.9 Å². The van der Waals surface area contributed by atoms with Gasteiger partial charge in [0.2, 0.25) is 0 Å². The Bertz CT molecular complexity index is 341. The van der Waals surface area contributed by atoms with Crippen LogP contribution in [-0.2, 0) is 4.74 Å². The van der Waals surface area contributed by atoms with Crippen LogP contribution in [0.3, 0.4) is 0 Å². The highest BCUT2D eigenvalue weighted by molar-refractivity contribution is 5.49. The molecule has 1 unspecified atom stereocenters. The largest absolute Gasteiger partial charge is 0.380 e. The van der Waals surface area contributed by atoms with E-state index in [4.69, 9.17) is 4.74 Å². The van der Waals surface area contributed by atoms with E-state index in [-0.39, 0.29) is 11.9 Å². The summed E-state index contributed by atoms with van der Waals surface area (Å²) in [6, 6.07) is 5.32. The van der Waals surface area contributed by atoms with Crippen molar-refractivity contribution in [3.63, 3.8) is 0 Å². The number of hydrogen-bond donors (Lipinski definition) is 0. The van der Waals surface area contributed by atoms with Gasteiger partial charge in [0.25, 0.3) is 0 Å². The molecule has 18 heavy (non-hydrogen) atoms. The van der Waals surface area contributed by atoms with Crippen LogP contribution < -0.4 is 4.90 Å². The number of methoxy groups -OCH3 is 1. The van der Waals surface area contributed by atoms with Crippen molar-refractivity contribution < 1.29 is 9.13 Å². The van der Waals surface area contributed by atoms with Gasteiger partial charge in [-0.15, -0.1) is 0 Å². The van der Waals surface area contributed by atoms with Crippen LogP contribution in [0.15, 0.2) is 18.2 Å². The molecule has 1 rings (SSSR count). The van der Waals surface area contributed by atoms with Gasteiger partial charge in [-0.3, -0.25) is 0 Å². The van der Waals surface area contributed by atoms with Crippen molar-refractivity contribution in [1.82, 2.24) is 0 Å². The van der Waals surface area contributed by atoms with Crippen LogP contribution in [0.5, 0.6) is 0 Å². The molecule has 0 saturated carbocycles. The van der Waals surface area contributed by atoms with E-state index in [9.17, 15) is 4.39 Å². The normalized spacial score (nSPS) is 11.5. The zero-order valence-corrected chi connectivity index (χ0v) is 12.5. The average molecular weight is 255 g/mol. The molecule has 0 fully saturated rings. The summed E-state index contributed by atoms with van der Waals surface area (Å²) in [5.41, 5.74) is 1.59. The Hall–Kier alpha value is -1.09. The fourth-order valence-corrected chi connectivity index (χ4v) is 1.65. The van der Waals surface area contributed by atoms with Crippen molar-refractivity contribution in [3.8, 4) is 0 Å². The van der Waals surface area contributed by atoms with Crippen LogP contribution in [0.25, 0.3) is 0 Å². The number of benzene rings is 1. The Morgan fingerprint density at radius 3 is 2.39 bits per heavy atom. The summed E-state index contributed by atoms with van der Waals surface area (Å²) in [5, 5.41) is 0. The van der Waals surface area contributed by atoms with E-state index >= 15 is 0 Å². The monoisotopic (exact) mass is 255 g/mol. The van der Waals surface area contributed by atoms with Gasteiger partial charge in [0.15, 0.2) is 0 Å². The molecule has 0 aliphatic heterocycles. The van der Waals surface area contributed by atoms with E-state index < -0.39 is 0 Å². The Morgan fingerprint density at radius 2 is 1.94 bits per heavy atom. The van der Waals surface area contributed by atoms with E-state index in [1.165, 1.54) is 0 Å². The highest BCUT2D eigenvalue weighted by Crippen LogP contribution is 2.20. The topological polar surface area (TPSA) is 12.5 Å². The Kier molecular flexibility index (Phi) is 8.38. The maximum Gasteiger partial charge on any atom is 0.146 e. The third-order valence-corrected chi connectivity index (χ3v) is 2.71. The molecule has 0 spiro atoms. The van der Waals surface area contributed by atoms with E-state index in [1.54, 1.807) is 13.2 Å². The third-order valence-electron chi connectivity index (χ3n) is 2.71. The molecule has 2 nitrogen and oxygen atoms in total. The number of halogens is 1. The van der Waals surface area contributed by atoms with Gasteiger partial charge in [0.1, 0.15) is 5.82 Å². The highest BCUT2D eigenvalue weighted by atomic mass is 19.1. The van der Waals surface area contributed by atoms with Crippen molar-refractivity contribution in [3.05, 3.63) is 29.6 Å². The number of rotatable bonds is 5. The van der Waals surface area contributed by atoms with Crippen molar-refractivity contribution in [2.75, 3.05) is 25.1 Å². The molecule has 0 bridgehead atoms. The van der Waals surface area contributed by atoms with Crippen molar-refractivity contribution in [2.45, 2.75) is 40.7 Å². The fraction of sp³-hybridized carbons (Fsp3) is 0.600. The number of ether oxygens (including phenoxy) is 1. The van der Waals surface area contributed by atoms with Gasteiger partial charge in [-0.25, -0.2) is 4.39 Å². The van der Waals surface area contributed by atoms with Gasteiger partial charge in [0.05, 0.1) is 11.8 Å². The van der Waals surface area contributed by atoms with Crippen LogP contribution in [0.2, 0.25) is 0 Å². The van der Waals surface area contributed by atoms with Crippen LogP contribution in [-0.4, -0.2) is 26.3 Å². The van der Waals surface area contributed by atoms with E-state index in [0.717, 1.165) is 12.1 Å². The maximum absolute atomic E-state index is 13.8. The number of likely N-dealkylation sites (N-methyl/N-ethyl adjacent to an activating group) is 1. The van der Waals surface area contributed by atoms with E-state index in [2.05, 4.69) is 0 Å². The first-order chi connectivity index (χ1) is 8.58. The minimum atomic E-state index is -0.162. The second-order valence-corrected chi connectivity index (χ2v) is 4.04. The molecule has 0 aliphatic carbocycles. The number of anilines is 1. The number of nitrogens with zero attached hydrogens (tertiary/aromatic N) is 1. The van der Waals surface area contributed by atoms with Crippen LogP contribution in [0, 0.1) is 12.7 Å². The van der Waals surface area contributed by atoms with E-state index in [1.807, 2.05) is 51.7 Å². The summed E-state index contributed by atoms with van der Waals surface area (Å²) in [5.74, 6) is -0.162. The highest BCUT2D eigenvalue weighted by Gasteiger charge is 2.12. The quantitative estimate of drug-likeness (QED) is 0.788. The number of aryl methyl sites for hydroxylation is 1. The Morgan fingerprint density at radius 1 is 1.33 bits per heavy atom. The summed E-state index contributed by atoms with van der Waals surface area (Å²) in [6.45, 7) is 11.4. The molecule has 0 amide bonds. The first-order valence-electron chi connectivity index (χ1n) is 6.62. The minimum Gasteiger partial charge on any atom is -0.380 e. The molecule has 104 valence electrons. The van der Waals surface area contributed by atoms with Gasteiger partial charge >= 0.3 is 0 Å². The molecule has 0 aliphatic rings. The molecule has 0 aromatic heterocycles. The van der Waals surface area contributed by atoms with Gasteiger partial charge in [-0.2, -0.15) is 0 Å². The molecule has 1 aromatic rings.